The lowest BCUT2D eigenvalue weighted by molar-refractivity contribution is 0.301. The molecule has 1 aromatic rings. The number of pyridine rings is 1. The summed E-state index contributed by atoms with van der Waals surface area (Å²) in [6, 6.07) is 4.07. The molecule has 1 saturated carbocycles. The van der Waals surface area contributed by atoms with Crippen LogP contribution in [0.2, 0.25) is 0 Å². The van der Waals surface area contributed by atoms with Crippen LogP contribution in [-0.2, 0) is 5.54 Å². The van der Waals surface area contributed by atoms with Crippen molar-refractivity contribution >= 4 is 24.8 Å². The number of nitrogens with two attached hydrogens (primary N) is 1. The smallest absolute Gasteiger partial charge is 0.0425 e. The van der Waals surface area contributed by atoms with E-state index in [-0.39, 0.29) is 30.4 Å². The van der Waals surface area contributed by atoms with Gasteiger partial charge >= 0.3 is 0 Å². The van der Waals surface area contributed by atoms with Gasteiger partial charge in [-0.05, 0) is 24.5 Å². The van der Waals surface area contributed by atoms with Gasteiger partial charge in [0.15, 0.2) is 0 Å². The third-order valence-corrected chi connectivity index (χ3v) is 2.98. The summed E-state index contributed by atoms with van der Waals surface area (Å²) in [6.45, 7) is 0. The highest BCUT2D eigenvalue weighted by atomic mass is 35.5. The van der Waals surface area contributed by atoms with Crippen molar-refractivity contribution in [2.75, 3.05) is 0 Å². The van der Waals surface area contributed by atoms with Gasteiger partial charge in [-0.3, -0.25) is 4.98 Å². The van der Waals surface area contributed by atoms with E-state index >= 15 is 0 Å². The Morgan fingerprint density at radius 2 is 1.80 bits per heavy atom. The molecule has 0 saturated heterocycles. The van der Waals surface area contributed by atoms with Gasteiger partial charge in [0.1, 0.15) is 0 Å². The molecule has 4 heteroatoms. The molecule has 0 atom stereocenters. The minimum absolute atomic E-state index is 0. The number of rotatable bonds is 1. The van der Waals surface area contributed by atoms with Crippen molar-refractivity contribution in [3.8, 4) is 0 Å². The van der Waals surface area contributed by atoms with Crippen molar-refractivity contribution in [2.24, 2.45) is 5.73 Å². The molecule has 2 N–H and O–H groups in total. The molecule has 1 aliphatic rings. The first-order chi connectivity index (χ1) is 6.31. The fourth-order valence-corrected chi connectivity index (χ4v) is 2.13. The Kier molecular flexibility index (Phi) is 6.18. The fourth-order valence-electron chi connectivity index (χ4n) is 2.13. The van der Waals surface area contributed by atoms with Crippen LogP contribution >= 0.6 is 24.8 Å². The molecule has 0 spiro atoms. The van der Waals surface area contributed by atoms with E-state index in [1.807, 2.05) is 12.3 Å². The highest BCUT2D eigenvalue weighted by Crippen LogP contribution is 2.33. The Hall–Kier alpha value is -0.310. The molecule has 0 bridgehead atoms. The zero-order valence-corrected chi connectivity index (χ0v) is 10.3. The van der Waals surface area contributed by atoms with Gasteiger partial charge in [0, 0.05) is 17.9 Å². The highest BCUT2D eigenvalue weighted by molar-refractivity contribution is 5.85. The molecule has 2 nitrogen and oxygen atoms in total. The maximum absolute atomic E-state index is 6.34. The number of aromatic nitrogens is 1. The van der Waals surface area contributed by atoms with Crippen molar-refractivity contribution in [3.05, 3.63) is 30.1 Å². The predicted molar refractivity (Wildman–Crippen MR) is 67.7 cm³/mol. The Morgan fingerprint density at radius 1 is 1.13 bits per heavy atom. The van der Waals surface area contributed by atoms with Gasteiger partial charge in [0.25, 0.3) is 0 Å². The summed E-state index contributed by atoms with van der Waals surface area (Å²) in [6.07, 6.45) is 9.77. The topological polar surface area (TPSA) is 38.9 Å². The monoisotopic (exact) mass is 248 g/mol. The average Bonchev–Trinajstić information content (AvgIpc) is 2.20. The van der Waals surface area contributed by atoms with E-state index in [2.05, 4.69) is 11.1 Å². The van der Waals surface area contributed by atoms with Gasteiger partial charge in [-0.2, -0.15) is 0 Å². The molecular formula is C11H18Cl2N2. The molecule has 86 valence electrons. The maximum atomic E-state index is 6.34. The van der Waals surface area contributed by atoms with E-state index in [9.17, 15) is 0 Å². The second-order valence-corrected chi connectivity index (χ2v) is 3.96. The summed E-state index contributed by atoms with van der Waals surface area (Å²) in [4.78, 5) is 4.13. The molecule has 1 aliphatic carbocycles. The standard InChI is InChI=1S/C11H16N2.2ClH/c12-11(6-2-1-3-7-11)10-5-4-8-13-9-10;;/h4-5,8-9H,1-3,6-7,12H2;2*1H. The van der Waals surface area contributed by atoms with Gasteiger partial charge in [-0.1, -0.05) is 25.3 Å². The lowest BCUT2D eigenvalue weighted by atomic mass is 9.78. The van der Waals surface area contributed by atoms with Crippen LogP contribution in [0.4, 0.5) is 0 Å². The molecule has 1 heterocycles. The number of hydrogen-bond donors (Lipinski definition) is 1. The highest BCUT2D eigenvalue weighted by Gasteiger charge is 2.29. The van der Waals surface area contributed by atoms with Gasteiger partial charge in [0.05, 0.1) is 0 Å². The van der Waals surface area contributed by atoms with Crippen LogP contribution in [0, 0.1) is 0 Å². The molecule has 1 fully saturated rings. The third kappa shape index (κ3) is 3.33. The molecule has 1 aromatic heterocycles. The first-order valence-corrected chi connectivity index (χ1v) is 5.01. The van der Waals surface area contributed by atoms with Gasteiger partial charge in [-0.25, -0.2) is 0 Å². The zero-order chi connectivity index (χ0) is 9.15. The van der Waals surface area contributed by atoms with Crippen LogP contribution in [0.1, 0.15) is 37.7 Å². The predicted octanol–water partition coefficient (Wildman–Crippen LogP) is 3.04. The van der Waals surface area contributed by atoms with Crippen LogP contribution in [0.25, 0.3) is 0 Å². The Morgan fingerprint density at radius 3 is 2.33 bits per heavy atom. The van der Waals surface area contributed by atoms with Gasteiger partial charge < -0.3 is 5.73 Å². The van der Waals surface area contributed by atoms with E-state index < -0.39 is 0 Å². The van der Waals surface area contributed by atoms with E-state index in [0.29, 0.717) is 0 Å². The zero-order valence-electron chi connectivity index (χ0n) is 8.69. The Balaban J connectivity index is 0.000000980. The molecule has 15 heavy (non-hydrogen) atoms. The summed E-state index contributed by atoms with van der Waals surface area (Å²) < 4.78 is 0. The molecule has 2 rings (SSSR count). The van der Waals surface area contributed by atoms with E-state index in [0.717, 1.165) is 12.8 Å². The summed E-state index contributed by atoms with van der Waals surface area (Å²) in [5, 5.41) is 0. The van der Waals surface area contributed by atoms with Crippen molar-refractivity contribution < 1.29 is 0 Å². The van der Waals surface area contributed by atoms with Crippen LogP contribution < -0.4 is 5.73 Å². The Bertz CT molecular complexity index is 271. The summed E-state index contributed by atoms with van der Waals surface area (Å²) >= 11 is 0. The average molecular weight is 249 g/mol. The first kappa shape index (κ1) is 14.7. The van der Waals surface area contributed by atoms with Gasteiger partial charge in [-0.15, -0.1) is 24.8 Å². The summed E-state index contributed by atoms with van der Waals surface area (Å²) in [5.74, 6) is 0. The lowest BCUT2D eigenvalue weighted by Gasteiger charge is -2.33. The molecule has 0 aliphatic heterocycles. The maximum Gasteiger partial charge on any atom is 0.0425 e. The largest absolute Gasteiger partial charge is 0.321 e. The summed E-state index contributed by atoms with van der Waals surface area (Å²) in [5.41, 5.74) is 7.45. The van der Waals surface area contributed by atoms with E-state index in [1.54, 1.807) is 6.20 Å². The van der Waals surface area contributed by atoms with Gasteiger partial charge in [0.2, 0.25) is 0 Å². The third-order valence-electron chi connectivity index (χ3n) is 2.98. The Labute approximate surface area is 103 Å². The first-order valence-electron chi connectivity index (χ1n) is 5.01. The second-order valence-electron chi connectivity index (χ2n) is 3.96. The SMILES string of the molecule is Cl.Cl.NC1(c2cccnc2)CCCCC1. The molecular weight excluding hydrogens is 231 g/mol. The molecule has 0 unspecified atom stereocenters. The van der Waals surface area contributed by atoms with E-state index in [4.69, 9.17) is 5.73 Å². The van der Waals surface area contributed by atoms with Crippen LogP contribution in [0.15, 0.2) is 24.5 Å². The minimum Gasteiger partial charge on any atom is -0.321 e. The normalized spacial score (nSPS) is 18.5. The lowest BCUT2D eigenvalue weighted by Crippen LogP contribution is -2.38. The van der Waals surface area contributed by atoms with E-state index in [1.165, 1.54) is 24.8 Å². The molecule has 0 aromatic carbocycles. The second kappa shape index (κ2) is 6.31. The summed E-state index contributed by atoms with van der Waals surface area (Å²) in [7, 11) is 0. The van der Waals surface area contributed by atoms with Crippen LogP contribution in [0.5, 0.6) is 0 Å². The number of halogens is 2. The number of nitrogens with zero attached hydrogens (tertiary/aromatic N) is 1. The van der Waals surface area contributed by atoms with Crippen molar-refractivity contribution in [3.63, 3.8) is 0 Å². The van der Waals surface area contributed by atoms with Crippen molar-refractivity contribution in [2.45, 2.75) is 37.6 Å². The van der Waals surface area contributed by atoms with Crippen molar-refractivity contribution in [1.82, 2.24) is 4.98 Å². The quantitative estimate of drug-likeness (QED) is 0.830. The van der Waals surface area contributed by atoms with Crippen molar-refractivity contribution in [1.29, 1.82) is 0 Å². The fraction of sp³-hybridized carbons (Fsp3) is 0.545. The van der Waals surface area contributed by atoms with Crippen LogP contribution in [-0.4, -0.2) is 4.98 Å². The number of hydrogen-bond acceptors (Lipinski definition) is 2. The molecule has 0 radical (unpaired) electrons. The minimum atomic E-state index is -0.0908. The molecule has 0 amide bonds. The van der Waals surface area contributed by atoms with Crippen LogP contribution in [0.3, 0.4) is 0 Å².